The molecule has 3 rings (SSSR count). The van der Waals surface area contributed by atoms with Crippen LogP contribution in [0.15, 0.2) is 71.6 Å². The summed E-state index contributed by atoms with van der Waals surface area (Å²) in [6.07, 6.45) is 0. The largest absolute Gasteiger partial charge is 0.494 e. The molecule has 0 aliphatic rings. The van der Waals surface area contributed by atoms with Crippen molar-refractivity contribution >= 4 is 38.9 Å². The minimum absolute atomic E-state index is 0.0181. The Bertz CT molecular complexity index is 1160. The van der Waals surface area contributed by atoms with Crippen molar-refractivity contribution in [1.82, 2.24) is 0 Å². The Morgan fingerprint density at radius 3 is 2.43 bits per heavy atom. The second-order valence-corrected chi connectivity index (χ2v) is 8.59. The molecule has 2 N–H and O–H groups in total. The third-order valence-electron chi connectivity index (χ3n) is 4.19. The maximum absolute atomic E-state index is 12.8. The number of rotatable bonds is 7. The molecule has 0 unspecified atom stereocenters. The van der Waals surface area contributed by atoms with Crippen molar-refractivity contribution in [2.24, 2.45) is 0 Å². The highest BCUT2D eigenvalue weighted by Crippen LogP contribution is 2.26. The number of hydrogen-bond acceptors (Lipinski definition) is 4. The highest BCUT2D eigenvalue weighted by atomic mass is 35.5. The molecule has 0 heterocycles. The van der Waals surface area contributed by atoms with Crippen molar-refractivity contribution in [2.75, 3.05) is 16.6 Å². The van der Waals surface area contributed by atoms with Gasteiger partial charge < -0.3 is 10.1 Å². The number of carbonyl (C=O) groups excluding carboxylic acids is 1. The van der Waals surface area contributed by atoms with E-state index in [9.17, 15) is 13.2 Å². The van der Waals surface area contributed by atoms with Crippen LogP contribution < -0.4 is 14.8 Å². The van der Waals surface area contributed by atoms with Crippen molar-refractivity contribution in [2.45, 2.75) is 18.7 Å². The van der Waals surface area contributed by atoms with Gasteiger partial charge >= 0.3 is 0 Å². The molecular formula is C22H21ClN2O4S. The summed E-state index contributed by atoms with van der Waals surface area (Å²) in [5.41, 5.74) is 2.09. The zero-order chi connectivity index (χ0) is 21.7. The third-order valence-corrected chi connectivity index (χ3v) is 6.05. The first-order valence-corrected chi connectivity index (χ1v) is 11.1. The van der Waals surface area contributed by atoms with Crippen LogP contribution in [0.4, 0.5) is 11.4 Å². The second-order valence-electron chi connectivity index (χ2n) is 6.53. The molecule has 0 radical (unpaired) electrons. The van der Waals surface area contributed by atoms with Gasteiger partial charge in [-0.3, -0.25) is 9.52 Å². The summed E-state index contributed by atoms with van der Waals surface area (Å²) in [7, 11) is -3.98. The maximum atomic E-state index is 12.8. The van der Waals surface area contributed by atoms with E-state index in [0.717, 1.165) is 5.56 Å². The van der Waals surface area contributed by atoms with Gasteiger partial charge in [-0.25, -0.2) is 8.42 Å². The van der Waals surface area contributed by atoms with E-state index in [-0.39, 0.29) is 15.5 Å². The molecule has 3 aromatic carbocycles. The predicted molar refractivity (Wildman–Crippen MR) is 119 cm³/mol. The molecule has 8 heteroatoms. The number of amides is 1. The molecule has 0 saturated carbocycles. The lowest BCUT2D eigenvalue weighted by molar-refractivity contribution is 0.102. The van der Waals surface area contributed by atoms with Gasteiger partial charge in [0, 0.05) is 23.0 Å². The Morgan fingerprint density at radius 2 is 1.73 bits per heavy atom. The zero-order valence-corrected chi connectivity index (χ0v) is 18.0. The van der Waals surface area contributed by atoms with Crippen LogP contribution >= 0.6 is 11.6 Å². The third kappa shape index (κ3) is 5.31. The highest BCUT2D eigenvalue weighted by Gasteiger charge is 2.20. The fourth-order valence-corrected chi connectivity index (χ4v) is 4.30. The molecule has 3 aromatic rings. The van der Waals surface area contributed by atoms with Crippen LogP contribution in [-0.4, -0.2) is 20.9 Å². The Morgan fingerprint density at radius 1 is 1.00 bits per heavy atom. The molecule has 0 atom stereocenters. The van der Waals surface area contributed by atoms with Gasteiger partial charge in [0.25, 0.3) is 15.9 Å². The Labute approximate surface area is 180 Å². The fraction of sp³-hybridized carbons (Fsp3) is 0.136. The van der Waals surface area contributed by atoms with Crippen LogP contribution in [0, 0.1) is 6.92 Å². The second kappa shape index (κ2) is 9.19. The van der Waals surface area contributed by atoms with Crippen LogP contribution in [0.1, 0.15) is 22.8 Å². The maximum Gasteiger partial charge on any atom is 0.263 e. The molecule has 0 fully saturated rings. The van der Waals surface area contributed by atoms with Gasteiger partial charge in [0.15, 0.2) is 0 Å². The van der Waals surface area contributed by atoms with Crippen molar-refractivity contribution in [3.8, 4) is 5.75 Å². The van der Waals surface area contributed by atoms with E-state index in [1.54, 1.807) is 48.5 Å². The van der Waals surface area contributed by atoms with Crippen molar-refractivity contribution in [3.63, 3.8) is 0 Å². The van der Waals surface area contributed by atoms with E-state index in [4.69, 9.17) is 16.3 Å². The number of nitrogens with one attached hydrogen (secondary N) is 2. The van der Waals surface area contributed by atoms with Crippen LogP contribution in [0.2, 0.25) is 5.02 Å². The molecule has 0 aromatic heterocycles. The number of carbonyl (C=O) groups is 1. The van der Waals surface area contributed by atoms with E-state index in [1.165, 1.54) is 18.2 Å². The molecular weight excluding hydrogens is 424 g/mol. The predicted octanol–water partition coefficient (Wildman–Crippen LogP) is 5.10. The first-order chi connectivity index (χ1) is 14.3. The standard InChI is InChI=1S/C22H21ClN2O4S/c1-3-29-19-6-4-5-18(14-19)24-22(26)16-9-12-20(23)21(13-16)30(27,28)25-17-10-7-15(2)8-11-17/h4-14,25H,3H2,1-2H3,(H,24,26). The Kier molecular flexibility index (Phi) is 6.64. The van der Waals surface area contributed by atoms with E-state index in [2.05, 4.69) is 10.0 Å². The molecule has 0 saturated heterocycles. The number of hydrogen-bond donors (Lipinski definition) is 2. The first-order valence-electron chi connectivity index (χ1n) is 9.22. The van der Waals surface area contributed by atoms with Gasteiger partial charge in [0.05, 0.1) is 11.6 Å². The number of sulfonamides is 1. The fourth-order valence-electron chi connectivity index (χ4n) is 2.72. The highest BCUT2D eigenvalue weighted by molar-refractivity contribution is 7.92. The quantitative estimate of drug-likeness (QED) is 0.531. The molecule has 1 amide bonds. The minimum Gasteiger partial charge on any atom is -0.494 e. The monoisotopic (exact) mass is 444 g/mol. The number of benzene rings is 3. The summed E-state index contributed by atoms with van der Waals surface area (Å²) in [5, 5.41) is 2.75. The summed E-state index contributed by atoms with van der Waals surface area (Å²) >= 11 is 6.13. The average molecular weight is 445 g/mol. The summed E-state index contributed by atoms with van der Waals surface area (Å²) in [5.74, 6) is 0.157. The van der Waals surface area contributed by atoms with Crippen molar-refractivity contribution < 1.29 is 17.9 Å². The summed E-state index contributed by atoms with van der Waals surface area (Å²) in [6.45, 7) is 4.27. The SMILES string of the molecule is CCOc1cccc(NC(=O)c2ccc(Cl)c(S(=O)(=O)Nc3ccc(C)cc3)c2)c1. The minimum atomic E-state index is -3.98. The van der Waals surface area contributed by atoms with Crippen LogP contribution in [0.5, 0.6) is 5.75 Å². The summed E-state index contributed by atoms with van der Waals surface area (Å²) < 4.78 is 33.5. The van der Waals surface area contributed by atoms with E-state index < -0.39 is 15.9 Å². The van der Waals surface area contributed by atoms with Crippen LogP contribution in [0.3, 0.4) is 0 Å². The lowest BCUT2D eigenvalue weighted by Gasteiger charge is -2.12. The van der Waals surface area contributed by atoms with Gasteiger partial charge in [-0.1, -0.05) is 35.4 Å². The normalized spacial score (nSPS) is 11.0. The molecule has 0 aliphatic carbocycles. The van der Waals surface area contributed by atoms with Crippen molar-refractivity contribution in [1.29, 1.82) is 0 Å². The van der Waals surface area contributed by atoms with Gasteiger partial charge in [-0.2, -0.15) is 0 Å². The van der Waals surface area contributed by atoms with Gasteiger partial charge in [-0.05, 0) is 56.3 Å². The van der Waals surface area contributed by atoms with Crippen molar-refractivity contribution in [3.05, 3.63) is 82.9 Å². The average Bonchev–Trinajstić information content (AvgIpc) is 2.70. The van der Waals surface area contributed by atoms with E-state index in [1.807, 2.05) is 13.8 Å². The van der Waals surface area contributed by atoms with Gasteiger partial charge in [0.1, 0.15) is 10.6 Å². The topological polar surface area (TPSA) is 84.5 Å². The van der Waals surface area contributed by atoms with E-state index >= 15 is 0 Å². The lowest BCUT2D eigenvalue weighted by Crippen LogP contribution is -2.16. The molecule has 0 bridgehead atoms. The van der Waals surface area contributed by atoms with Crippen LogP contribution in [0.25, 0.3) is 0 Å². The molecule has 0 spiro atoms. The molecule has 0 aliphatic heterocycles. The number of anilines is 2. The number of ether oxygens (including phenoxy) is 1. The van der Waals surface area contributed by atoms with Crippen LogP contribution in [-0.2, 0) is 10.0 Å². The number of halogens is 1. The van der Waals surface area contributed by atoms with E-state index in [0.29, 0.717) is 23.7 Å². The molecule has 6 nitrogen and oxygen atoms in total. The molecule has 156 valence electrons. The first kappa shape index (κ1) is 21.7. The summed E-state index contributed by atoms with van der Waals surface area (Å²) in [4.78, 5) is 12.5. The smallest absolute Gasteiger partial charge is 0.263 e. The Hall–Kier alpha value is -3.03. The lowest BCUT2D eigenvalue weighted by atomic mass is 10.2. The molecule has 30 heavy (non-hydrogen) atoms. The number of aryl methyl sites for hydroxylation is 1. The Balaban J connectivity index is 1.84. The zero-order valence-electron chi connectivity index (χ0n) is 16.5. The summed E-state index contributed by atoms with van der Waals surface area (Å²) in [6, 6.07) is 17.9. The van der Waals surface area contributed by atoms with Gasteiger partial charge in [-0.15, -0.1) is 0 Å². The van der Waals surface area contributed by atoms with Gasteiger partial charge in [0.2, 0.25) is 0 Å².